The zero-order chi connectivity index (χ0) is 45.1. The Kier molecular flexibility index (Phi) is 8.33. The molecule has 1 aliphatic carbocycles. The average molecular weight is 866 g/mol. The van der Waals surface area contributed by atoms with E-state index in [-0.39, 0.29) is 5.41 Å². The summed E-state index contributed by atoms with van der Waals surface area (Å²) in [6.45, 7) is 4.72. The molecule has 11 aromatic carbocycles. The van der Waals surface area contributed by atoms with Crippen molar-refractivity contribution in [3.63, 3.8) is 0 Å². The standard InChI is InChI=1S/C65H43N3/c1-65(2)58-24-14-13-23-51(58)52-31-28-47(36-59(52)65)45-27-30-50-53(34-45)48-21-11-12-22-49(48)54-37-57-56-35-46(44-26-25-40-15-9-10-20-43(40)33-44)29-32-61(56)68(62(57)38-55(50)54)63-39-60(41-16-5-3-6-17-41)66-64(67-63)42-18-7-4-8-19-42/h3-39H,1-2H3. The number of benzene rings is 11. The van der Waals surface area contributed by atoms with Crippen LogP contribution < -0.4 is 0 Å². The van der Waals surface area contributed by atoms with Gasteiger partial charge in [-0.3, -0.25) is 4.57 Å². The highest BCUT2D eigenvalue weighted by Crippen LogP contribution is 2.50. The van der Waals surface area contributed by atoms with Crippen molar-refractivity contribution in [1.29, 1.82) is 0 Å². The molecule has 2 heterocycles. The van der Waals surface area contributed by atoms with Gasteiger partial charge in [0.1, 0.15) is 5.82 Å². The first-order chi connectivity index (χ1) is 33.4. The van der Waals surface area contributed by atoms with Crippen LogP contribution in [0.4, 0.5) is 0 Å². The van der Waals surface area contributed by atoms with Gasteiger partial charge in [-0.1, -0.05) is 190 Å². The molecule has 0 saturated heterocycles. The minimum absolute atomic E-state index is 0.0743. The monoisotopic (exact) mass is 865 g/mol. The van der Waals surface area contributed by atoms with Crippen LogP contribution in [0.1, 0.15) is 25.0 Å². The fraction of sp³-hybridized carbons (Fsp3) is 0.0462. The second-order valence-corrected chi connectivity index (χ2v) is 18.9. The quantitative estimate of drug-likeness (QED) is 0.161. The first kappa shape index (κ1) is 38.6. The maximum Gasteiger partial charge on any atom is 0.162 e. The summed E-state index contributed by atoms with van der Waals surface area (Å²) in [5.41, 5.74) is 15.3. The van der Waals surface area contributed by atoms with Crippen LogP contribution in [0.3, 0.4) is 0 Å². The largest absolute Gasteiger partial charge is 0.294 e. The van der Waals surface area contributed by atoms with E-state index in [1.165, 1.54) is 98.4 Å². The molecule has 13 aromatic rings. The molecule has 0 atom stereocenters. The fourth-order valence-electron chi connectivity index (χ4n) is 11.3. The van der Waals surface area contributed by atoms with Crippen LogP contribution in [0.2, 0.25) is 0 Å². The van der Waals surface area contributed by atoms with Gasteiger partial charge in [-0.05, 0) is 130 Å². The summed E-state index contributed by atoms with van der Waals surface area (Å²) in [5.74, 6) is 1.51. The lowest BCUT2D eigenvalue weighted by molar-refractivity contribution is 0.660. The minimum atomic E-state index is -0.0743. The summed E-state index contributed by atoms with van der Waals surface area (Å²) >= 11 is 0. The van der Waals surface area contributed by atoms with E-state index in [1.807, 2.05) is 6.07 Å². The Bertz CT molecular complexity index is 4160. The van der Waals surface area contributed by atoms with Crippen LogP contribution in [0.25, 0.3) is 127 Å². The van der Waals surface area contributed by atoms with E-state index in [0.717, 1.165) is 33.7 Å². The second kappa shape index (κ2) is 14.7. The van der Waals surface area contributed by atoms with Crippen molar-refractivity contribution in [2.75, 3.05) is 0 Å². The van der Waals surface area contributed by atoms with Gasteiger partial charge < -0.3 is 0 Å². The number of hydrogen-bond acceptors (Lipinski definition) is 2. The van der Waals surface area contributed by atoms with Gasteiger partial charge in [-0.2, -0.15) is 0 Å². The maximum atomic E-state index is 5.42. The van der Waals surface area contributed by atoms with E-state index in [1.54, 1.807) is 0 Å². The van der Waals surface area contributed by atoms with E-state index < -0.39 is 0 Å². The lowest BCUT2D eigenvalue weighted by Crippen LogP contribution is -2.14. The summed E-state index contributed by atoms with van der Waals surface area (Å²) in [6.07, 6.45) is 0. The third-order valence-corrected chi connectivity index (χ3v) is 14.8. The topological polar surface area (TPSA) is 30.7 Å². The molecule has 1 aliphatic rings. The van der Waals surface area contributed by atoms with Crippen molar-refractivity contribution in [2.45, 2.75) is 19.3 Å². The fourth-order valence-corrected chi connectivity index (χ4v) is 11.3. The van der Waals surface area contributed by atoms with Crippen molar-refractivity contribution in [1.82, 2.24) is 14.5 Å². The number of fused-ring (bicyclic) bond motifs is 13. The van der Waals surface area contributed by atoms with Crippen molar-refractivity contribution in [3.05, 3.63) is 236 Å². The third kappa shape index (κ3) is 5.85. The third-order valence-electron chi connectivity index (χ3n) is 14.8. The Morgan fingerprint density at radius 3 is 1.69 bits per heavy atom. The summed E-state index contributed by atoms with van der Waals surface area (Å²) in [4.78, 5) is 10.6. The number of nitrogens with zero attached hydrogens (tertiary/aromatic N) is 3. The van der Waals surface area contributed by atoms with Crippen LogP contribution in [0, 0.1) is 0 Å². The summed E-state index contributed by atoms with van der Waals surface area (Å²) in [6, 6.07) is 82.2. The number of hydrogen-bond donors (Lipinski definition) is 0. The molecule has 0 N–H and O–H groups in total. The van der Waals surface area contributed by atoms with Gasteiger partial charge in [0, 0.05) is 33.4 Å². The summed E-state index contributed by atoms with van der Waals surface area (Å²) in [7, 11) is 0. The molecule has 68 heavy (non-hydrogen) atoms. The molecule has 0 amide bonds. The number of aromatic nitrogens is 3. The molecule has 2 aromatic heterocycles. The molecular formula is C65H43N3. The van der Waals surface area contributed by atoms with Gasteiger partial charge in [0.2, 0.25) is 0 Å². The van der Waals surface area contributed by atoms with E-state index >= 15 is 0 Å². The van der Waals surface area contributed by atoms with Crippen LogP contribution in [-0.2, 0) is 5.41 Å². The zero-order valence-electron chi connectivity index (χ0n) is 37.7. The molecule has 0 radical (unpaired) electrons. The smallest absolute Gasteiger partial charge is 0.162 e. The van der Waals surface area contributed by atoms with E-state index in [0.29, 0.717) is 5.82 Å². The lowest BCUT2D eigenvalue weighted by atomic mass is 9.81. The van der Waals surface area contributed by atoms with Gasteiger partial charge in [-0.15, -0.1) is 0 Å². The zero-order valence-corrected chi connectivity index (χ0v) is 37.7. The van der Waals surface area contributed by atoms with Gasteiger partial charge in [-0.25, -0.2) is 9.97 Å². The number of rotatable bonds is 5. The molecule has 3 nitrogen and oxygen atoms in total. The molecule has 0 spiro atoms. The first-order valence-electron chi connectivity index (χ1n) is 23.6. The predicted octanol–water partition coefficient (Wildman–Crippen LogP) is 17.2. The highest BCUT2D eigenvalue weighted by molar-refractivity contribution is 6.29. The predicted molar refractivity (Wildman–Crippen MR) is 286 cm³/mol. The van der Waals surface area contributed by atoms with Crippen molar-refractivity contribution in [2.24, 2.45) is 0 Å². The maximum absolute atomic E-state index is 5.42. The molecule has 3 heteroatoms. The van der Waals surface area contributed by atoms with Crippen molar-refractivity contribution >= 4 is 64.9 Å². The lowest BCUT2D eigenvalue weighted by Gasteiger charge is -2.22. The Balaban J connectivity index is 1.04. The second-order valence-electron chi connectivity index (χ2n) is 18.9. The van der Waals surface area contributed by atoms with E-state index in [2.05, 4.69) is 237 Å². The van der Waals surface area contributed by atoms with Crippen LogP contribution in [0.15, 0.2) is 224 Å². The SMILES string of the molecule is CC1(C)c2ccccc2-c2ccc(-c3ccc4c(c3)c3ccccc3c3cc5c6cc(-c7ccc8ccccc8c7)ccc6n(-c6cc(-c7ccccc7)nc(-c7ccccc7)n6)c5cc43)cc21. The van der Waals surface area contributed by atoms with Crippen molar-refractivity contribution < 1.29 is 0 Å². The van der Waals surface area contributed by atoms with Gasteiger partial charge in [0.15, 0.2) is 5.82 Å². The minimum Gasteiger partial charge on any atom is -0.294 e. The average Bonchev–Trinajstić information content (AvgIpc) is 3.84. The molecule has 0 fully saturated rings. The van der Waals surface area contributed by atoms with E-state index in [9.17, 15) is 0 Å². The molecular weight excluding hydrogens is 823 g/mol. The molecule has 0 saturated carbocycles. The highest BCUT2D eigenvalue weighted by Gasteiger charge is 2.35. The van der Waals surface area contributed by atoms with Gasteiger partial charge in [0.05, 0.1) is 16.7 Å². The highest BCUT2D eigenvalue weighted by atomic mass is 15.1. The normalized spacial score (nSPS) is 13.0. The Morgan fingerprint density at radius 2 is 0.882 bits per heavy atom. The Morgan fingerprint density at radius 1 is 0.324 bits per heavy atom. The van der Waals surface area contributed by atoms with Crippen LogP contribution >= 0.6 is 0 Å². The Labute approximate surface area is 394 Å². The molecule has 14 rings (SSSR count). The van der Waals surface area contributed by atoms with Crippen molar-refractivity contribution in [3.8, 4) is 61.8 Å². The summed E-state index contributed by atoms with van der Waals surface area (Å²) < 4.78 is 2.37. The van der Waals surface area contributed by atoms with Gasteiger partial charge >= 0.3 is 0 Å². The van der Waals surface area contributed by atoms with Gasteiger partial charge in [0.25, 0.3) is 0 Å². The van der Waals surface area contributed by atoms with E-state index in [4.69, 9.17) is 9.97 Å². The van der Waals surface area contributed by atoms with Crippen LogP contribution in [-0.4, -0.2) is 14.5 Å². The van der Waals surface area contributed by atoms with Crippen LogP contribution in [0.5, 0.6) is 0 Å². The Hall–Kier alpha value is -8.66. The first-order valence-corrected chi connectivity index (χ1v) is 23.6. The molecule has 0 unspecified atom stereocenters. The molecule has 0 aliphatic heterocycles. The summed E-state index contributed by atoms with van der Waals surface area (Å²) in [5, 5.41) is 12.2. The molecule has 318 valence electrons. The molecule has 0 bridgehead atoms.